The summed E-state index contributed by atoms with van der Waals surface area (Å²) in [6.07, 6.45) is 4.07. The highest BCUT2D eigenvalue weighted by Crippen LogP contribution is 2.29. The second kappa shape index (κ2) is 7.14. The fourth-order valence-electron chi connectivity index (χ4n) is 3.58. The van der Waals surface area contributed by atoms with E-state index in [9.17, 15) is 9.18 Å². The summed E-state index contributed by atoms with van der Waals surface area (Å²) in [4.78, 5) is 17.3. The molecule has 0 radical (unpaired) electrons. The average Bonchev–Trinajstić information content (AvgIpc) is 3.16. The zero-order valence-electron chi connectivity index (χ0n) is 16.2. The molecule has 30 heavy (non-hydrogen) atoms. The van der Waals surface area contributed by atoms with E-state index in [1.807, 2.05) is 31.2 Å². The maximum atomic E-state index is 13.4. The molecule has 0 saturated carbocycles. The molecule has 0 aliphatic carbocycles. The van der Waals surface area contributed by atoms with Crippen LogP contribution >= 0.6 is 0 Å². The normalized spacial score (nSPS) is 11.4. The highest BCUT2D eigenvalue weighted by Gasteiger charge is 2.18. The topological polar surface area (TPSA) is 78.0 Å². The summed E-state index contributed by atoms with van der Waals surface area (Å²) < 4.78 is 16.6. The first-order chi connectivity index (χ1) is 14.7. The monoisotopic (exact) mass is 400 g/mol. The minimum absolute atomic E-state index is 0.233. The van der Waals surface area contributed by atoms with Gasteiger partial charge in [-0.3, -0.25) is 9.78 Å². The average molecular weight is 400 g/mol. The smallest absolute Gasteiger partial charge is 0.280 e. The van der Waals surface area contributed by atoms with Crippen LogP contribution in [0.25, 0.3) is 27.8 Å². The summed E-state index contributed by atoms with van der Waals surface area (Å²) in [7, 11) is 0. The van der Waals surface area contributed by atoms with Gasteiger partial charge in [-0.2, -0.15) is 5.10 Å². The number of aromatic nitrogens is 6. The van der Waals surface area contributed by atoms with Crippen LogP contribution in [0.15, 0.2) is 65.7 Å². The van der Waals surface area contributed by atoms with Crippen molar-refractivity contribution in [1.29, 1.82) is 0 Å². The Labute approximate surface area is 170 Å². The molecule has 0 unspecified atom stereocenters. The zero-order valence-corrected chi connectivity index (χ0v) is 16.2. The van der Waals surface area contributed by atoms with Crippen molar-refractivity contribution in [3.05, 3.63) is 88.5 Å². The van der Waals surface area contributed by atoms with Gasteiger partial charge >= 0.3 is 0 Å². The van der Waals surface area contributed by atoms with Gasteiger partial charge < -0.3 is 4.57 Å². The quantitative estimate of drug-likeness (QED) is 0.463. The number of aryl methyl sites for hydroxylation is 1. The number of benzene rings is 1. The Balaban J connectivity index is 1.70. The van der Waals surface area contributed by atoms with Crippen LogP contribution in [0.5, 0.6) is 0 Å². The van der Waals surface area contributed by atoms with Crippen LogP contribution in [0, 0.1) is 5.82 Å². The van der Waals surface area contributed by atoms with Crippen LogP contribution < -0.4 is 5.56 Å². The number of hydrogen-bond donors (Lipinski definition) is 0. The second-order valence-electron chi connectivity index (χ2n) is 6.92. The Morgan fingerprint density at radius 2 is 1.87 bits per heavy atom. The first kappa shape index (κ1) is 18.1. The van der Waals surface area contributed by atoms with Gasteiger partial charge in [0.15, 0.2) is 11.2 Å². The number of hydrogen-bond acceptors (Lipinski definition) is 5. The van der Waals surface area contributed by atoms with Gasteiger partial charge in [0, 0.05) is 12.4 Å². The van der Waals surface area contributed by atoms with E-state index in [-0.39, 0.29) is 16.9 Å². The van der Waals surface area contributed by atoms with Crippen molar-refractivity contribution in [3.63, 3.8) is 0 Å². The molecule has 0 fully saturated rings. The number of nitrogens with zero attached hydrogens (tertiary/aromatic N) is 6. The highest BCUT2D eigenvalue weighted by molar-refractivity contribution is 5.84. The van der Waals surface area contributed by atoms with E-state index in [4.69, 9.17) is 0 Å². The Morgan fingerprint density at radius 1 is 1.03 bits per heavy atom. The van der Waals surface area contributed by atoms with E-state index in [1.165, 1.54) is 12.1 Å². The first-order valence-corrected chi connectivity index (χ1v) is 9.59. The molecule has 7 nitrogen and oxygen atoms in total. The molecule has 148 valence electrons. The molecule has 0 N–H and O–H groups in total. The molecule has 8 heteroatoms. The van der Waals surface area contributed by atoms with Crippen molar-refractivity contribution in [1.82, 2.24) is 29.4 Å². The molecule has 0 bridgehead atoms. The fourth-order valence-corrected chi connectivity index (χ4v) is 3.58. The minimum atomic E-state index is -0.307. The lowest BCUT2D eigenvalue weighted by molar-refractivity contribution is 0.628. The van der Waals surface area contributed by atoms with Crippen LogP contribution in [-0.2, 0) is 13.0 Å². The van der Waals surface area contributed by atoms with Gasteiger partial charge in [-0.05, 0) is 42.3 Å². The van der Waals surface area contributed by atoms with Crippen molar-refractivity contribution in [3.8, 4) is 11.1 Å². The standard InChI is InChI=1S/C22H17FN6O/c1-2-17-19(14-6-8-15(23)9-7-14)21-26-25-20-18(29(21)27-17)10-12-28(22(20)30)13-16-5-3-4-11-24-16/h3-12H,2,13H2,1H3. The summed E-state index contributed by atoms with van der Waals surface area (Å²) >= 11 is 0. The Morgan fingerprint density at radius 3 is 2.60 bits per heavy atom. The number of rotatable bonds is 4. The molecule has 0 spiro atoms. The summed E-state index contributed by atoms with van der Waals surface area (Å²) in [6, 6.07) is 13.6. The van der Waals surface area contributed by atoms with Gasteiger partial charge in [0.1, 0.15) is 11.3 Å². The molecule has 4 heterocycles. The molecule has 0 saturated heterocycles. The molecular formula is C22H17FN6O. The van der Waals surface area contributed by atoms with E-state index < -0.39 is 0 Å². The third kappa shape index (κ3) is 2.93. The molecule has 0 aliphatic rings. The van der Waals surface area contributed by atoms with Gasteiger partial charge in [0.25, 0.3) is 5.56 Å². The first-order valence-electron chi connectivity index (χ1n) is 9.59. The van der Waals surface area contributed by atoms with Crippen molar-refractivity contribution in [2.24, 2.45) is 0 Å². The van der Waals surface area contributed by atoms with Crippen LogP contribution in [-0.4, -0.2) is 29.4 Å². The lowest BCUT2D eigenvalue weighted by atomic mass is 10.0. The van der Waals surface area contributed by atoms with E-state index in [1.54, 1.807) is 33.6 Å². The highest BCUT2D eigenvalue weighted by atomic mass is 19.1. The van der Waals surface area contributed by atoms with Crippen LogP contribution in [0.4, 0.5) is 4.39 Å². The third-order valence-electron chi connectivity index (χ3n) is 5.05. The Hall–Kier alpha value is -3.94. The lowest BCUT2D eigenvalue weighted by Crippen LogP contribution is -2.22. The summed E-state index contributed by atoms with van der Waals surface area (Å²) in [5.41, 5.74) is 4.27. The van der Waals surface area contributed by atoms with Crippen molar-refractivity contribution in [2.45, 2.75) is 19.9 Å². The van der Waals surface area contributed by atoms with Gasteiger partial charge in [-0.15, -0.1) is 10.2 Å². The summed E-state index contributed by atoms with van der Waals surface area (Å²) in [5, 5.41) is 13.2. The maximum absolute atomic E-state index is 13.4. The van der Waals surface area contributed by atoms with E-state index in [2.05, 4.69) is 20.3 Å². The Bertz CT molecular complexity index is 1420. The molecule has 0 aliphatic heterocycles. The van der Waals surface area contributed by atoms with Crippen molar-refractivity contribution < 1.29 is 4.39 Å². The van der Waals surface area contributed by atoms with E-state index >= 15 is 0 Å². The van der Waals surface area contributed by atoms with Crippen LogP contribution in [0.1, 0.15) is 18.3 Å². The van der Waals surface area contributed by atoms with Crippen LogP contribution in [0.3, 0.4) is 0 Å². The van der Waals surface area contributed by atoms with E-state index in [0.29, 0.717) is 24.1 Å². The Kier molecular flexibility index (Phi) is 4.31. The molecule has 1 aromatic carbocycles. The molecule has 0 atom stereocenters. The third-order valence-corrected chi connectivity index (χ3v) is 5.05. The predicted molar refractivity (Wildman–Crippen MR) is 111 cm³/mol. The number of fused-ring (bicyclic) bond motifs is 3. The van der Waals surface area contributed by atoms with E-state index in [0.717, 1.165) is 22.5 Å². The van der Waals surface area contributed by atoms with Crippen molar-refractivity contribution in [2.75, 3.05) is 0 Å². The van der Waals surface area contributed by atoms with Crippen LogP contribution in [0.2, 0.25) is 0 Å². The number of halogens is 1. The molecule has 5 aromatic rings. The second-order valence-corrected chi connectivity index (χ2v) is 6.92. The van der Waals surface area contributed by atoms with Gasteiger partial charge in [-0.1, -0.05) is 25.1 Å². The lowest BCUT2D eigenvalue weighted by Gasteiger charge is -2.07. The zero-order chi connectivity index (χ0) is 20.7. The largest absolute Gasteiger partial charge is 0.307 e. The molecule has 5 rings (SSSR count). The molecule has 4 aromatic heterocycles. The van der Waals surface area contributed by atoms with Gasteiger partial charge in [0.05, 0.1) is 23.5 Å². The molecule has 0 amide bonds. The number of pyridine rings is 2. The van der Waals surface area contributed by atoms with Gasteiger partial charge in [-0.25, -0.2) is 8.91 Å². The summed E-state index contributed by atoms with van der Waals surface area (Å²) in [6.45, 7) is 2.33. The predicted octanol–water partition coefficient (Wildman–Crippen LogP) is 3.25. The van der Waals surface area contributed by atoms with Gasteiger partial charge in [0.2, 0.25) is 0 Å². The SMILES string of the molecule is CCc1nn2c(nnc3c(=O)n(Cc4ccccn4)ccc32)c1-c1ccc(F)cc1. The maximum Gasteiger partial charge on any atom is 0.280 e. The minimum Gasteiger partial charge on any atom is -0.307 e. The molecular weight excluding hydrogens is 383 g/mol. The van der Waals surface area contributed by atoms with Crippen molar-refractivity contribution >= 4 is 16.7 Å². The summed E-state index contributed by atoms with van der Waals surface area (Å²) in [5.74, 6) is -0.307. The fraction of sp³-hybridized carbons (Fsp3) is 0.136.